The highest BCUT2D eigenvalue weighted by molar-refractivity contribution is 5.71. The number of ether oxygens (including phenoxy) is 3. The lowest BCUT2D eigenvalue weighted by Gasteiger charge is -2.18. The number of hydrogen-bond acceptors (Lipinski definition) is 6. The molecule has 6 heteroatoms. The Balaban J connectivity index is 4.24. The van der Waals surface area contributed by atoms with Gasteiger partial charge >= 0.3 is 17.9 Å². The maximum atomic E-state index is 12.7. The zero-order valence-corrected chi connectivity index (χ0v) is 38.4. The van der Waals surface area contributed by atoms with Crippen LogP contribution in [0, 0.1) is 17.8 Å². The summed E-state index contributed by atoms with van der Waals surface area (Å²) in [5.41, 5.74) is 0. The predicted molar refractivity (Wildman–Crippen MR) is 238 cm³/mol. The van der Waals surface area contributed by atoms with Crippen molar-refractivity contribution in [3.63, 3.8) is 0 Å². The average Bonchev–Trinajstić information content (AvgIpc) is 3.15. The van der Waals surface area contributed by atoms with Gasteiger partial charge in [0.25, 0.3) is 0 Å². The van der Waals surface area contributed by atoms with Crippen molar-refractivity contribution in [2.75, 3.05) is 13.2 Å². The van der Waals surface area contributed by atoms with Crippen LogP contribution in [0.1, 0.15) is 266 Å². The summed E-state index contributed by atoms with van der Waals surface area (Å²) in [4.78, 5) is 37.8. The molecule has 0 unspecified atom stereocenters. The monoisotopic (exact) mass is 793 g/mol. The Bertz CT molecular complexity index is 868. The third-order valence-corrected chi connectivity index (χ3v) is 11.1. The zero-order chi connectivity index (χ0) is 41.3. The van der Waals surface area contributed by atoms with Crippen molar-refractivity contribution in [1.82, 2.24) is 0 Å². The Kier molecular flexibility index (Phi) is 40.4. The van der Waals surface area contributed by atoms with Gasteiger partial charge in [0.1, 0.15) is 13.2 Å². The van der Waals surface area contributed by atoms with Crippen molar-refractivity contribution < 1.29 is 28.6 Å². The Morgan fingerprint density at radius 1 is 0.304 bits per heavy atom. The maximum absolute atomic E-state index is 12.7. The van der Waals surface area contributed by atoms with Gasteiger partial charge in [0.05, 0.1) is 0 Å². The van der Waals surface area contributed by atoms with Gasteiger partial charge in [-0.25, -0.2) is 0 Å². The van der Waals surface area contributed by atoms with E-state index in [1.165, 1.54) is 148 Å². The standard InChI is InChI=1S/C50H96O6/c1-44(2)36-30-24-18-14-12-10-8-7-9-11-13-15-21-27-33-39-48(51)54-42-47(56-50(53)41-35-29-23-17-20-26-32-38-46(5)6)43-55-49(52)40-34-28-22-16-19-25-31-37-45(3)4/h44-47H,7-43H2,1-6H3/t47-/m1/s1. The van der Waals surface area contributed by atoms with Crippen LogP contribution in [-0.2, 0) is 28.6 Å². The number of rotatable bonds is 43. The summed E-state index contributed by atoms with van der Waals surface area (Å²) in [6, 6.07) is 0. The first-order valence-corrected chi connectivity index (χ1v) is 24.6. The highest BCUT2D eigenvalue weighted by Gasteiger charge is 2.19. The molecule has 0 rings (SSSR count). The highest BCUT2D eigenvalue weighted by Crippen LogP contribution is 2.17. The smallest absolute Gasteiger partial charge is 0.306 e. The number of unbranched alkanes of at least 4 members (excludes halogenated alkanes) is 26. The van der Waals surface area contributed by atoms with E-state index in [0.29, 0.717) is 19.3 Å². The Morgan fingerprint density at radius 3 is 0.768 bits per heavy atom. The van der Waals surface area contributed by atoms with Gasteiger partial charge in [-0.1, -0.05) is 228 Å². The summed E-state index contributed by atoms with van der Waals surface area (Å²) < 4.78 is 16.7. The molecular formula is C50H96O6. The lowest BCUT2D eigenvalue weighted by molar-refractivity contribution is -0.167. The molecule has 0 aromatic heterocycles. The van der Waals surface area contributed by atoms with Crippen LogP contribution >= 0.6 is 0 Å². The number of esters is 3. The largest absolute Gasteiger partial charge is 0.462 e. The van der Waals surface area contributed by atoms with Gasteiger partial charge in [0.2, 0.25) is 0 Å². The number of carbonyl (C=O) groups excluding carboxylic acids is 3. The Labute approximate surface area is 348 Å². The van der Waals surface area contributed by atoms with E-state index in [1.54, 1.807) is 0 Å². The van der Waals surface area contributed by atoms with E-state index < -0.39 is 6.10 Å². The van der Waals surface area contributed by atoms with Gasteiger partial charge in [-0.05, 0) is 37.0 Å². The SMILES string of the molecule is CC(C)CCCCCCCCCCCCCCCCCC(=O)OC[C@H](COC(=O)CCCCCCCCCC(C)C)OC(=O)CCCCCCCCCC(C)C. The molecule has 0 bridgehead atoms. The first-order chi connectivity index (χ1) is 27.1. The van der Waals surface area contributed by atoms with Crippen molar-refractivity contribution in [3.05, 3.63) is 0 Å². The maximum Gasteiger partial charge on any atom is 0.306 e. The lowest BCUT2D eigenvalue weighted by atomic mass is 10.0. The Morgan fingerprint density at radius 2 is 0.518 bits per heavy atom. The van der Waals surface area contributed by atoms with Crippen molar-refractivity contribution in [2.45, 2.75) is 272 Å². The minimum atomic E-state index is -0.762. The zero-order valence-electron chi connectivity index (χ0n) is 38.4. The fraction of sp³-hybridized carbons (Fsp3) is 0.940. The van der Waals surface area contributed by atoms with E-state index in [9.17, 15) is 14.4 Å². The average molecular weight is 793 g/mol. The van der Waals surface area contributed by atoms with Crippen LogP contribution in [0.15, 0.2) is 0 Å². The lowest BCUT2D eigenvalue weighted by Crippen LogP contribution is -2.30. The second kappa shape index (κ2) is 41.6. The molecule has 0 N–H and O–H groups in total. The molecule has 0 aliphatic carbocycles. The molecule has 0 heterocycles. The van der Waals surface area contributed by atoms with Crippen LogP contribution in [0.3, 0.4) is 0 Å². The second-order valence-electron chi connectivity index (χ2n) is 18.5. The first-order valence-electron chi connectivity index (χ1n) is 24.6. The summed E-state index contributed by atoms with van der Waals surface area (Å²) in [6.07, 6.45) is 39.7. The van der Waals surface area contributed by atoms with E-state index >= 15 is 0 Å². The first kappa shape index (κ1) is 54.4. The van der Waals surface area contributed by atoms with Gasteiger partial charge in [0.15, 0.2) is 6.10 Å². The van der Waals surface area contributed by atoms with Gasteiger partial charge in [0, 0.05) is 19.3 Å². The van der Waals surface area contributed by atoms with Gasteiger partial charge < -0.3 is 14.2 Å². The molecule has 0 aromatic carbocycles. The molecule has 0 saturated carbocycles. The fourth-order valence-corrected chi connectivity index (χ4v) is 7.41. The molecule has 0 aliphatic rings. The van der Waals surface area contributed by atoms with Crippen LogP contribution < -0.4 is 0 Å². The summed E-state index contributed by atoms with van der Waals surface area (Å²) in [5, 5.41) is 0. The molecule has 0 saturated heterocycles. The molecule has 332 valence electrons. The minimum Gasteiger partial charge on any atom is -0.462 e. The minimum absolute atomic E-state index is 0.0661. The molecule has 0 aliphatic heterocycles. The molecule has 0 spiro atoms. The van der Waals surface area contributed by atoms with E-state index in [0.717, 1.165) is 75.5 Å². The third-order valence-electron chi connectivity index (χ3n) is 11.1. The predicted octanol–water partition coefficient (Wildman–Crippen LogP) is 15.6. The van der Waals surface area contributed by atoms with Crippen molar-refractivity contribution in [2.24, 2.45) is 17.8 Å². The summed E-state index contributed by atoms with van der Waals surface area (Å²) >= 11 is 0. The molecule has 6 nitrogen and oxygen atoms in total. The van der Waals surface area contributed by atoms with E-state index in [4.69, 9.17) is 14.2 Å². The normalized spacial score (nSPS) is 12.2. The van der Waals surface area contributed by atoms with Crippen molar-refractivity contribution in [3.8, 4) is 0 Å². The van der Waals surface area contributed by atoms with E-state index in [1.807, 2.05) is 0 Å². The number of hydrogen-bond donors (Lipinski definition) is 0. The molecule has 1 atom stereocenters. The molecule has 0 fully saturated rings. The summed E-state index contributed by atoms with van der Waals surface area (Å²) in [7, 11) is 0. The van der Waals surface area contributed by atoms with E-state index in [2.05, 4.69) is 41.5 Å². The van der Waals surface area contributed by atoms with Crippen molar-refractivity contribution in [1.29, 1.82) is 0 Å². The highest BCUT2D eigenvalue weighted by atomic mass is 16.6. The van der Waals surface area contributed by atoms with Gasteiger partial charge in [-0.3, -0.25) is 14.4 Å². The molecule has 56 heavy (non-hydrogen) atoms. The topological polar surface area (TPSA) is 78.9 Å². The van der Waals surface area contributed by atoms with Crippen molar-refractivity contribution >= 4 is 17.9 Å². The Hall–Kier alpha value is -1.59. The summed E-state index contributed by atoms with van der Waals surface area (Å²) in [6.45, 7) is 13.6. The number of carbonyl (C=O) groups is 3. The quantitative estimate of drug-likeness (QED) is 0.0348. The van der Waals surface area contributed by atoms with Gasteiger partial charge in [-0.2, -0.15) is 0 Å². The molecule has 0 amide bonds. The van der Waals surface area contributed by atoms with Gasteiger partial charge in [-0.15, -0.1) is 0 Å². The van der Waals surface area contributed by atoms with E-state index in [-0.39, 0.29) is 31.1 Å². The van der Waals surface area contributed by atoms with Crippen LogP contribution in [-0.4, -0.2) is 37.2 Å². The molecular weight excluding hydrogens is 697 g/mol. The van der Waals surface area contributed by atoms with Crippen LogP contribution in [0.5, 0.6) is 0 Å². The van der Waals surface area contributed by atoms with Crippen LogP contribution in [0.25, 0.3) is 0 Å². The fourth-order valence-electron chi connectivity index (χ4n) is 7.41. The van der Waals surface area contributed by atoms with Crippen LogP contribution in [0.4, 0.5) is 0 Å². The third kappa shape index (κ3) is 43.5. The second-order valence-corrected chi connectivity index (χ2v) is 18.5. The molecule has 0 radical (unpaired) electrons. The van der Waals surface area contributed by atoms with Crippen LogP contribution in [0.2, 0.25) is 0 Å². The molecule has 0 aromatic rings. The summed E-state index contributed by atoms with van der Waals surface area (Å²) in [5.74, 6) is 1.55.